The third kappa shape index (κ3) is 1.38. The van der Waals surface area contributed by atoms with Gasteiger partial charge < -0.3 is 4.74 Å². The predicted octanol–water partition coefficient (Wildman–Crippen LogP) is 1.18. The molecule has 3 aliphatic heterocycles. The molecule has 5 rings (SSSR count). The van der Waals surface area contributed by atoms with Crippen LogP contribution in [-0.2, 0) is 14.3 Å². The van der Waals surface area contributed by atoms with Crippen LogP contribution in [0.2, 0.25) is 0 Å². The van der Waals surface area contributed by atoms with Crippen LogP contribution >= 0.6 is 0 Å². The molecule has 116 valence electrons. The Labute approximate surface area is 131 Å². The maximum atomic E-state index is 13.0. The molecule has 4 atom stereocenters. The molecule has 0 aliphatic carbocycles. The number of H-pyrrole nitrogens is 1. The van der Waals surface area contributed by atoms with E-state index < -0.39 is 23.0 Å². The van der Waals surface area contributed by atoms with E-state index in [9.17, 15) is 9.59 Å². The van der Waals surface area contributed by atoms with Crippen molar-refractivity contribution in [2.75, 3.05) is 4.90 Å². The molecule has 7 nitrogen and oxygen atoms in total. The number of carbonyl (C=O) groups excluding carboxylic acids is 2. The molecule has 2 saturated heterocycles. The third-order valence-electron chi connectivity index (χ3n) is 5.28. The lowest BCUT2D eigenvalue weighted by molar-refractivity contribution is -0.128. The highest BCUT2D eigenvalue weighted by atomic mass is 16.5. The van der Waals surface area contributed by atoms with Crippen LogP contribution in [0, 0.1) is 11.8 Å². The van der Waals surface area contributed by atoms with Crippen molar-refractivity contribution in [2.45, 2.75) is 25.0 Å². The quantitative estimate of drug-likeness (QED) is 0.631. The molecule has 2 fully saturated rings. The number of fused-ring (bicyclic) bond motifs is 6. The van der Waals surface area contributed by atoms with Crippen LogP contribution in [-0.4, -0.2) is 38.4 Å². The van der Waals surface area contributed by atoms with E-state index in [0.717, 1.165) is 0 Å². The van der Waals surface area contributed by atoms with Gasteiger partial charge in [-0.25, -0.2) is 4.90 Å². The van der Waals surface area contributed by atoms with E-state index in [-0.39, 0.29) is 11.8 Å². The molecular weight excluding hydrogens is 296 g/mol. The highest BCUT2D eigenvalue weighted by Gasteiger charge is 2.70. The lowest BCUT2D eigenvalue weighted by Gasteiger charge is -2.25. The van der Waals surface area contributed by atoms with E-state index in [1.54, 1.807) is 18.2 Å². The zero-order valence-corrected chi connectivity index (χ0v) is 12.6. The average Bonchev–Trinajstić information content (AvgIpc) is 3.19. The maximum absolute atomic E-state index is 13.0. The Kier molecular flexibility index (Phi) is 2.07. The summed E-state index contributed by atoms with van der Waals surface area (Å²) in [6, 6.07) is 5.18. The number of nitrogens with zero attached hydrogens (tertiary/aromatic N) is 3. The summed E-state index contributed by atoms with van der Waals surface area (Å²) < 4.78 is 5.99. The second-order valence-electron chi connectivity index (χ2n) is 6.77. The maximum Gasteiger partial charge on any atom is 0.241 e. The van der Waals surface area contributed by atoms with Crippen molar-refractivity contribution in [2.24, 2.45) is 11.8 Å². The number of ether oxygens (including phenoxy) is 1. The van der Waals surface area contributed by atoms with E-state index in [1.165, 1.54) is 4.90 Å². The number of amides is 2. The molecule has 1 aromatic carbocycles. The summed E-state index contributed by atoms with van der Waals surface area (Å²) in [5.74, 6) is -1.37. The van der Waals surface area contributed by atoms with Gasteiger partial charge in [0.2, 0.25) is 11.8 Å². The number of rotatable bonds is 1. The number of imide groups is 1. The fourth-order valence-corrected chi connectivity index (χ4v) is 4.25. The van der Waals surface area contributed by atoms with Gasteiger partial charge in [0.1, 0.15) is 11.0 Å². The molecule has 0 saturated carbocycles. The molecule has 0 spiro atoms. The van der Waals surface area contributed by atoms with Gasteiger partial charge in [0.05, 0.1) is 28.7 Å². The van der Waals surface area contributed by atoms with Crippen LogP contribution in [0.5, 0.6) is 0 Å². The summed E-state index contributed by atoms with van der Waals surface area (Å²) in [7, 11) is 0. The highest BCUT2D eigenvalue weighted by Crippen LogP contribution is 2.57. The molecular formula is C16H14N4O3. The summed E-state index contributed by atoms with van der Waals surface area (Å²) in [5, 5.41) is 10.5. The Hall–Kier alpha value is -2.54. The zero-order valence-electron chi connectivity index (χ0n) is 12.6. The first-order valence-corrected chi connectivity index (χ1v) is 7.52. The Balaban J connectivity index is 1.64. The van der Waals surface area contributed by atoms with Crippen LogP contribution in [0.1, 0.15) is 13.8 Å². The molecule has 3 aliphatic rings. The van der Waals surface area contributed by atoms with Crippen LogP contribution in [0.15, 0.2) is 30.4 Å². The third-order valence-corrected chi connectivity index (χ3v) is 5.28. The van der Waals surface area contributed by atoms with Crippen molar-refractivity contribution in [1.29, 1.82) is 0 Å². The van der Waals surface area contributed by atoms with E-state index in [2.05, 4.69) is 15.4 Å². The number of aromatic amines is 1. The van der Waals surface area contributed by atoms with Crippen molar-refractivity contribution in [3.05, 3.63) is 30.4 Å². The molecule has 1 aromatic heterocycles. The Morgan fingerprint density at radius 2 is 1.65 bits per heavy atom. The van der Waals surface area contributed by atoms with Gasteiger partial charge in [0.15, 0.2) is 0 Å². The van der Waals surface area contributed by atoms with Gasteiger partial charge in [-0.1, -0.05) is 12.2 Å². The minimum atomic E-state index is -0.709. The Morgan fingerprint density at radius 1 is 1.04 bits per heavy atom. The van der Waals surface area contributed by atoms with Crippen LogP contribution in [0.3, 0.4) is 0 Å². The first-order valence-electron chi connectivity index (χ1n) is 7.52. The topological polar surface area (TPSA) is 88.2 Å². The molecule has 4 heterocycles. The monoisotopic (exact) mass is 310 g/mol. The van der Waals surface area contributed by atoms with Crippen molar-refractivity contribution < 1.29 is 14.3 Å². The van der Waals surface area contributed by atoms with Gasteiger partial charge in [-0.3, -0.25) is 9.59 Å². The Bertz CT molecular complexity index is 883. The van der Waals surface area contributed by atoms with Gasteiger partial charge in [-0.15, -0.1) is 0 Å². The van der Waals surface area contributed by atoms with E-state index in [1.807, 2.05) is 26.0 Å². The fourth-order valence-electron chi connectivity index (χ4n) is 4.25. The smallest absolute Gasteiger partial charge is 0.241 e. The minimum absolute atomic E-state index is 0.210. The number of benzene rings is 1. The number of carbonyl (C=O) groups is 2. The average molecular weight is 310 g/mol. The van der Waals surface area contributed by atoms with Crippen LogP contribution in [0.4, 0.5) is 5.69 Å². The SMILES string of the molecule is C[C@]12C=C[C@](C)(O1)[C@@H]1C(=O)N(c3ccc4n[nH]nc4c3)C(=O)[C@@H]12. The lowest BCUT2D eigenvalue weighted by Crippen LogP contribution is -2.39. The molecule has 2 bridgehead atoms. The van der Waals surface area contributed by atoms with Gasteiger partial charge in [-0.2, -0.15) is 15.4 Å². The lowest BCUT2D eigenvalue weighted by atomic mass is 9.73. The molecule has 23 heavy (non-hydrogen) atoms. The first kappa shape index (κ1) is 13.0. The van der Waals surface area contributed by atoms with Gasteiger partial charge >= 0.3 is 0 Å². The summed E-state index contributed by atoms with van der Waals surface area (Å²) in [4.78, 5) is 27.2. The summed E-state index contributed by atoms with van der Waals surface area (Å²) in [6.45, 7) is 3.74. The van der Waals surface area contributed by atoms with E-state index in [4.69, 9.17) is 4.74 Å². The van der Waals surface area contributed by atoms with E-state index in [0.29, 0.717) is 16.7 Å². The minimum Gasteiger partial charge on any atom is -0.359 e. The standard InChI is InChI=1S/C16H14N4O3/c1-15-5-6-16(2,23-15)12-11(15)13(21)20(14(12)22)8-3-4-9-10(7-8)18-19-17-9/h3-7,11-12H,1-2H3,(H,17,18,19)/t11-,12+,15-,16+. The van der Waals surface area contributed by atoms with Crippen LogP contribution in [0.25, 0.3) is 11.0 Å². The molecule has 0 radical (unpaired) electrons. The number of hydrogen-bond acceptors (Lipinski definition) is 5. The second kappa shape index (κ2) is 3.68. The molecule has 0 unspecified atom stereocenters. The number of anilines is 1. The van der Waals surface area contributed by atoms with Crippen molar-refractivity contribution in [3.63, 3.8) is 0 Å². The first-order chi connectivity index (χ1) is 10.9. The zero-order chi connectivity index (χ0) is 16.0. The number of nitrogens with one attached hydrogen (secondary N) is 1. The normalized spacial score (nSPS) is 38.1. The predicted molar refractivity (Wildman–Crippen MR) is 80.4 cm³/mol. The molecule has 2 aromatic rings. The van der Waals surface area contributed by atoms with Gasteiger partial charge in [0.25, 0.3) is 0 Å². The Morgan fingerprint density at radius 3 is 2.30 bits per heavy atom. The molecule has 7 heteroatoms. The summed E-state index contributed by atoms with van der Waals surface area (Å²) >= 11 is 0. The van der Waals surface area contributed by atoms with Crippen molar-refractivity contribution in [1.82, 2.24) is 15.4 Å². The van der Waals surface area contributed by atoms with Gasteiger partial charge in [-0.05, 0) is 32.0 Å². The van der Waals surface area contributed by atoms with E-state index >= 15 is 0 Å². The van der Waals surface area contributed by atoms with Crippen molar-refractivity contribution in [3.8, 4) is 0 Å². The highest BCUT2D eigenvalue weighted by molar-refractivity contribution is 6.23. The number of aromatic nitrogens is 3. The number of hydrogen-bond donors (Lipinski definition) is 1. The van der Waals surface area contributed by atoms with Gasteiger partial charge in [0, 0.05) is 0 Å². The van der Waals surface area contributed by atoms with Crippen LogP contribution < -0.4 is 4.90 Å². The molecule has 2 amide bonds. The second-order valence-corrected chi connectivity index (χ2v) is 6.77. The summed E-state index contributed by atoms with van der Waals surface area (Å²) in [5.41, 5.74) is 0.423. The van der Waals surface area contributed by atoms with Crippen molar-refractivity contribution >= 4 is 28.5 Å². The summed E-state index contributed by atoms with van der Waals surface area (Å²) in [6.07, 6.45) is 3.81. The fraction of sp³-hybridized carbons (Fsp3) is 0.375. The molecule has 1 N–H and O–H groups in total. The largest absolute Gasteiger partial charge is 0.359 e.